The second-order valence-electron chi connectivity index (χ2n) is 1.46. The molecule has 0 saturated heterocycles. The zero-order valence-electron chi connectivity index (χ0n) is 4.30. The molecule has 2 nitrogen and oxygen atoms in total. The van der Waals surface area contributed by atoms with Crippen molar-refractivity contribution in [1.82, 2.24) is 7.96 Å². The molecule has 0 aliphatic carbocycles. The van der Waals surface area contributed by atoms with E-state index in [9.17, 15) is 0 Å². The van der Waals surface area contributed by atoms with Gasteiger partial charge in [-0.2, -0.15) is 0 Å². The molecule has 1 aromatic carbocycles. The van der Waals surface area contributed by atoms with Gasteiger partial charge in [0.05, 0.1) is 0 Å². The molecule has 0 aliphatic heterocycles. The SMILES string of the molecule is c1c#cc2n[se]nc2c#1. The predicted octanol–water partition coefficient (Wildman–Crippen LogP) is -0.112. The van der Waals surface area contributed by atoms with Gasteiger partial charge in [-0.05, 0) is 0 Å². The Morgan fingerprint density at radius 3 is 2.11 bits per heavy atom. The average molecular weight is 179 g/mol. The van der Waals surface area contributed by atoms with E-state index in [0.717, 1.165) is 11.0 Å². The zero-order valence-corrected chi connectivity index (χ0v) is 6.02. The van der Waals surface area contributed by atoms with Crippen molar-refractivity contribution >= 4 is 26.0 Å². The van der Waals surface area contributed by atoms with E-state index in [2.05, 4.69) is 32.2 Å². The molecular formula is C6N2Se. The van der Waals surface area contributed by atoms with Crippen LogP contribution >= 0.6 is 0 Å². The van der Waals surface area contributed by atoms with E-state index in [0.29, 0.717) is 0 Å². The van der Waals surface area contributed by atoms with Crippen LogP contribution < -0.4 is 0 Å². The van der Waals surface area contributed by atoms with Crippen molar-refractivity contribution in [2.45, 2.75) is 0 Å². The molecule has 40 valence electrons. The summed E-state index contributed by atoms with van der Waals surface area (Å²) in [4.78, 5) is 0. The molecule has 0 atom stereocenters. The third-order valence-electron chi connectivity index (χ3n) is 0.913. The minimum absolute atomic E-state index is 0.0262. The third-order valence-corrected chi connectivity index (χ3v) is 2.02. The first-order chi connectivity index (χ1) is 4.47. The number of hydrogen-bond acceptors (Lipinski definition) is 2. The van der Waals surface area contributed by atoms with Gasteiger partial charge in [0, 0.05) is 0 Å². The van der Waals surface area contributed by atoms with E-state index in [1.54, 1.807) is 0 Å². The summed E-state index contributed by atoms with van der Waals surface area (Å²) in [5.74, 6) is 0. The Kier molecular flexibility index (Phi) is 0.931. The topological polar surface area (TPSA) is 25.8 Å². The van der Waals surface area contributed by atoms with Crippen LogP contribution in [0.25, 0.3) is 11.0 Å². The molecule has 2 rings (SSSR count). The van der Waals surface area contributed by atoms with Crippen molar-refractivity contribution in [1.29, 1.82) is 0 Å². The van der Waals surface area contributed by atoms with Crippen LogP contribution in [-0.2, 0) is 0 Å². The van der Waals surface area contributed by atoms with Crippen LogP contribution in [0.3, 0.4) is 0 Å². The fourth-order valence-electron chi connectivity index (χ4n) is 0.533. The van der Waals surface area contributed by atoms with E-state index in [1.165, 1.54) is 0 Å². The normalized spacial score (nSPS) is 8.44. The monoisotopic (exact) mass is 180 g/mol. The molecule has 9 heavy (non-hydrogen) atoms. The van der Waals surface area contributed by atoms with Gasteiger partial charge in [0.15, 0.2) is 0 Å². The Morgan fingerprint density at radius 2 is 1.56 bits per heavy atom. The van der Waals surface area contributed by atoms with Crippen LogP contribution in [-0.4, -0.2) is 22.9 Å². The van der Waals surface area contributed by atoms with Crippen molar-refractivity contribution in [2.24, 2.45) is 0 Å². The number of aromatic nitrogens is 2. The molecule has 0 N–H and O–H groups in total. The van der Waals surface area contributed by atoms with Crippen molar-refractivity contribution in [2.75, 3.05) is 0 Å². The summed E-state index contributed by atoms with van der Waals surface area (Å²) in [5.41, 5.74) is 1.57. The molecule has 0 bridgehead atoms. The van der Waals surface area contributed by atoms with Crippen LogP contribution in [0.15, 0.2) is 0 Å². The van der Waals surface area contributed by atoms with Crippen LogP contribution in [0.1, 0.15) is 0 Å². The second kappa shape index (κ2) is 1.74. The Labute approximate surface area is 58.7 Å². The molecule has 0 amide bonds. The van der Waals surface area contributed by atoms with Gasteiger partial charge in [-0.1, -0.05) is 0 Å². The Morgan fingerprint density at radius 1 is 1.00 bits per heavy atom. The third kappa shape index (κ3) is 0.678. The first kappa shape index (κ1) is 4.82. The first-order valence-corrected chi connectivity index (χ1v) is 3.84. The summed E-state index contributed by atoms with van der Waals surface area (Å²) in [5, 5.41) is 0. The van der Waals surface area contributed by atoms with Gasteiger partial charge < -0.3 is 0 Å². The van der Waals surface area contributed by atoms with Crippen molar-refractivity contribution < 1.29 is 0 Å². The standard InChI is InChI=1S/C6N2Se/c1-2-4-6-5(3-1)7-9-8-6. The molecule has 0 radical (unpaired) electrons. The fourth-order valence-corrected chi connectivity index (χ4v) is 1.52. The van der Waals surface area contributed by atoms with E-state index < -0.39 is 0 Å². The van der Waals surface area contributed by atoms with E-state index in [1.807, 2.05) is 0 Å². The van der Waals surface area contributed by atoms with Crippen molar-refractivity contribution in [3.05, 3.63) is 24.3 Å². The maximum absolute atomic E-state index is 4.06. The molecular weight excluding hydrogens is 179 g/mol. The van der Waals surface area contributed by atoms with E-state index in [4.69, 9.17) is 0 Å². The molecule has 0 spiro atoms. The number of rotatable bonds is 0. The van der Waals surface area contributed by atoms with Gasteiger partial charge in [0.25, 0.3) is 0 Å². The summed E-state index contributed by atoms with van der Waals surface area (Å²) in [6.07, 6.45) is 0. The van der Waals surface area contributed by atoms with E-state index in [-0.39, 0.29) is 15.0 Å². The molecule has 1 heterocycles. The maximum atomic E-state index is 4.06. The van der Waals surface area contributed by atoms with Gasteiger partial charge in [-0.3, -0.25) is 0 Å². The summed E-state index contributed by atoms with van der Waals surface area (Å²) < 4.78 is 8.11. The Balaban J connectivity index is 2.95. The van der Waals surface area contributed by atoms with Crippen LogP contribution in [0.2, 0.25) is 0 Å². The molecule has 0 aliphatic rings. The molecule has 2 aromatic rings. The number of nitrogens with zero attached hydrogens (tertiary/aromatic N) is 2. The molecule has 1 aromatic heterocycles. The Bertz CT molecular complexity index is 285. The minimum atomic E-state index is 0.0262. The van der Waals surface area contributed by atoms with Crippen molar-refractivity contribution in [3.8, 4) is 0 Å². The number of fused-ring (bicyclic) bond motifs is 1. The van der Waals surface area contributed by atoms with Crippen LogP contribution in [0.4, 0.5) is 0 Å². The van der Waals surface area contributed by atoms with Gasteiger partial charge in [0.2, 0.25) is 0 Å². The van der Waals surface area contributed by atoms with Gasteiger partial charge in [0.1, 0.15) is 0 Å². The molecule has 3 heteroatoms. The molecule has 0 saturated carbocycles. The molecule has 0 unspecified atom stereocenters. The average Bonchev–Trinajstić information content (AvgIpc) is 2.33. The first-order valence-electron chi connectivity index (χ1n) is 2.31. The Hall–Kier alpha value is -1.02. The quantitative estimate of drug-likeness (QED) is 0.527. The summed E-state index contributed by atoms with van der Waals surface area (Å²) >= 11 is 0.0262. The van der Waals surface area contributed by atoms with Crippen LogP contribution in [0.5, 0.6) is 0 Å². The number of hydrogen-bond donors (Lipinski definition) is 0. The summed E-state index contributed by atoms with van der Waals surface area (Å²) in [7, 11) is 0. The fraction of sp³-hybridized carbons (Fsp3) is 0. The summed E-state index contributed by atoms with van der Waals surface area (Å²) in [6, 6.07) is 10.9. The van der Waals surface area contributed by atoms with Gasteiger partial charge in [-0.25, -0.2) is 0 Å². The second-order valence-corrected chi connectivity index (χ2v) is 2.57. The van der Waals surface area contributed by atoms with Crippen LogP contribution in [0, 0.1) is 24.3 Å². The van der Waals surface area contributed by atoms with E-state index >= 15 is 0 Å². The van der Waals surface area contributed by atoms with Gasteiger partial charge in [-0.15, -0.1) is 0 Å². The van der Waals surface area contributed by atoms with Crippen molar-refractivity contribution in [3.63, 3.8) is 0 Å². The predicted molar refractivity (Wildman–Crippen MR) is 31.8 cm³/mol. The van der Waals surface area contributed by atoms with Gasteiger partial charge >= 0.3 is 58.2 Å². The zero-order chi connectivity index (χ0) is 6.10. The summed E-state index contributed by atoms with van der Waals surface area (Å²) in [6.45, 7) is 0. The molecule has 0 fully saturated rings.